The molecule has 2 aromatic rings. The standard InChI is InChI=1S/C20H26N6O3/c21-7-15-9-26(24-23-15)10-16-6-14-3-4-25(16)11-17(14)20(27)22-8-13-1-2-18-19(5-13)29-12-28-18/h1-2,5,9,14,16-17H,3-4,6-8,10-12,21H2,(H,22,27)/p+2/t14-,16-,17+/m1/s1. The maximum absolute atomic E-state index is 12.9. The van der Waals surface area contributed by atoms with Crippen molar-refractivity contribution in [3.63, 3.8) is 0 Å². The van der Waals surface area contributed by atoms with E-state index in [2.05, 4.69) is 21.4 Å². The second-order valence-electron chi connectivity index (χ2n) is 8.29. The number of hydrogen-bond acceptors (Lipinski definition) is 5. The molecule has 4 aliphatic heterocycles. The number of benzene rings is 1. The molecule has 2 bridgehead atoms. The van der Waals surface area contributed by atoms with Gasteiger partial charge in [-0.15, -0.1) is 5.10 Å². The Labute approximate surface area is 169 Å². The number of carbonyl (C=O) groups excluding carboxylic acids is 1. The van der Waals surface area contributed by atoms with Crippen LogP contribution in [0.5, 0.6) is 11.5 Å². The van der Waals surface area contributed by atoms with Crippen LogP contribution in [0.1, 0.15) is 24.1 Å². The Morgan fingerprint density at radius 3 is 3.03 bits per heavy atom. The van der Waals surface area contributed by atoms with Gasteiger partial charge in [0.1, 0.15) is 18.3 Å². The quantitative estimate of drug-likeness (QED) is 0.539. The molecule has 4 aliphatic rings. The van der Waals surface area contributed by atoms with Crippen LogP contribution in [0.2, 0.25) is 0 Å². The number of hydrogen-bond donors (Lipinski definition) is 3. The van der Waals surface area contributed by atoms with Crippen molar-refractivity contribution >= 4 is 5.91 Å². The van der Waals surface area contributed by atoms with Crippen LogP contribution >= 0.6 is 0 Å². The number of nitrogens with one attached hydrogen (secondary N) is 2. The van der Waals surface area contributed by atoms with Crippen LogP contribution < -0.4 is 25.4 Å². The maximum Gasteiger partial charge on any atom is 0.231 e. The minimum Gasteiger partial charge on any atom is -0.454 e. The Morgan fingerprint density at radius 1 is 1.34 bits per heavy atom. The number of aromatic nitrogens is 3. The Kier molecular flexibility index (Phi) is 4.84. The first-order chi connectivity index (χ1) is 14.2. The van der Waals surface area contributed by atoms with Gasteiger partial charge in [0.2, 0.25) is 12.7 Å². The average molecular weight is 400 g/mol. The topological polar surface area (TPSA) is 110 Å². The summed E-state index contributed by atoms with van der Waals surface area (Å²) >= 11 is 0. The van der Waals surface area contributed by atoms with E-state index in [9.17, 15) is 4.79 Å². The number of quaternary nitrogens is 2. The summed E-state index contributed by atoms with van der Waals surface area (Å²) in [5, 5.41) is 11.5. The van der Waals surface area contributed by atoms with E-state index < -0.39 is 0 Å². The molecule has 9 nitrogen and oxygen atoms in total. The molecule has 29 heavy (non-hydrogen) atoms. The van der Waals surface area contributed by atoms with Crippen LogP contribution in [0.25, 0.3) is 0 Å². The molecule has 0 radical (unpaired) electrons. The third-order valence-corrected chi connectivity index (χ3v) is 6.54. The number of amides is 1. The summed E-state index contributed by atoms with van der Waals surface area (Å²) in [6.45, 7) is 4.35. The van der Waals surface area contributed by atoms with Gasteiger partial charge in [-0.3, -0.25) is 4.79 Å². The molecule has 0 saturated carbocycles. The largest absolute Gasteiger partial charge is 0.454 e. The van der Waals surface area contributed by atoms with E-state index in [4.69, 9.17) is 9.47 Å². The van der Waals surface area contributed by atoms with Gasteiger partial charge < -0.3 is 25.4 Å². The highest BCUT2D eigenvalue weighted by Crippen LogP contribution is 2.32. The Morgan fingerprint density at radius 2 is 2.24 bits per heavy atom. The fraction of sp³-hybridized carbons (Fsp3) is 0.550. The van der Waals surface area contributed by atoms with E-state index in [1.165, 1.54) is 4.90 Å². The molecule has 9 heteroatoms. The van der Waals surface area contributed by atoms with Gasteiger partial charge in [-0.25, -0.2) is 4.68 Å². The number of rotatable bonds is 6. The van der Waals surface area contributed by atoms with E-state index in [1.54, 1.807) is 0 Å². The first-order valence-electron chi connectivity index (χ1n) is 10.4. The second kappa shape index (κ2) is 7.64. The number of piperidine rings is 3. The van der Waals surface area contributed by atoms with E-state index >= 15 is 0 Å². The molecule has 4 atom stereocenters. The zero-order valence-corrected chi connectivity index (χ0v) is 16.5. The summed E-state index contributed by atoms with van der Waals surface area (Å²) < 4.78 is 12.7. The highest BCUT2D eigenvalue weighted by molar-refractivity contribution is 5.79. The Balaban J connectivity index is 1.17. The van der Waals surface area contributed by atoms with E-state index in [1.807, 2.05) is 29.1 Å². The first-order valence-corrected chi connectivity index (χ1v) is 10.4. The highest BCUT2D eigenvalue weighted by atomic mass is 16.7. The van der Waals surface area contributed by atoms with Crippen molar-refractivity contribution in [3.05, 3.63) is 35.7 Å². The fourth-order valence-corrected chi connectivity index (χ4v) is 4.96. The van der Waals surface area contributed by atoms with Crippen LogP contribution in [-0.2, 0) is 24.4 Å². The van der Waals surface area contributed by atoms with Crippen molar-refractivity contribution in [2.45, 2.75) is 38.5 Å². The molecule has 5 N–H and O–H groups in total. The van der Waals surface area contributed by atoms with E-state index in [-0.39, 0.29) is 18.6 Å². The van der Waals surface area contributed by atoms with Gasteiger partial charge in [-0.1, -0.05) is 11.3 Å². The van der Waals surface area contributed by atoms with Gasteiger partial charge in [0.25, 0.3) is 0 Å². The van der Waals surface area contributed by atoms with Gasteiger partial charge in [0.15, 0.2) is 11.5 Å². The summed E-state index contributed by atoms with van der Waals surface area (Å²) in [5.41, 5.74) is 5.82. The predicted molar refractivity (Wildman–Crippen MR) is 102 cm³/mol. The molecule has 1 aromatic heterocycles. The van der Waals surface area contributed by atoms with Crippen LogP contribution in [0.15, 0.2) is 24.4 Å². The summed E-state index contributed by atoms with van der Waals surface area (Å²) in [6.07, 6.45) is 4.18. The third kappa shape index (κ3) is 3.67. The second-order valence-corrected chi connectivity index (χ2v) is 8.29. The van der Waals surface area contributed by atoms with Crippen molar-refractivity contribution in [2.75, 3.05) is 19.9 Å². The van der Waals surface area contributed by atoms with Crippen LogP contribution in [0.4, 0.5) is 0 Å². The molecule has 1 unspecified atom stereocenters. The average Bonchev–Trinajstić information content (AvgIpc) is 3.41. The lowest BCUT2D eigenvalue weighted by Gasteiger charge is -2.46. The monoisotopic (exact) mass is 400 g/mol. The zero-order valence-electron chi connectivity index (χ0n) is 16.5. The van der Waals surface area contributed by atoms with Crippen molar-refractivity contribution < 1.29 is 24.9 Å². The molecular formula is C20H28N6O3+2. The summed E-state index contributed by atoms with van der Waals surface area (Å²) in [7, 11) is 0. The maximum atomic E-state index is 12.9. The summed E-state index contributed by atoms with van der Waals surface area (Å²) in [6, 6.07) is 6.32. The fourth-order valence-electron chi connectivity index (χ4n) is 4.96. The molecule has 1 amide bonds. The minimum atomic E-state index is 0.0927. The van der Waals surface area contributed by atoms with Crippen LogP contribution in [0, 0.1) is 11.8 Å². The smallest absolute Gasteiger partial charge is 0.231 e. The number of fused-ring (bicyclic) bond motifs is 4. The minimum absolute atomic E-state index is 0.0927. The van der Waals surface area contributed by atoms with Gasteiger partial charge >= 0.3 is 0 Å². The predicted octanol–water partition coefficient (Wildman–Crippen LogP) is -1.64. The molecule has 154 valence electrons. The zero-order chi connectivity index (χ0) is 19.8. The van der Waals surface area contributed by atoms with Gasteiger partial charge in [0, 0.05) is 19.4 Å². The van der Waals surface area contributed by atoms with Crippen molar-refractivity contribution in [1.29, 1.82) is 0 Å². The van der Waals surface area contributed by atoms with Crippen LogP contribution in [-0.4, -0.2) is 46.8 Å². The number of ether oxygens (including phenoxy) is 2. The Hall–Kier alpha value is -2.65. The van der Waals surface area contributed by atoms with Gasteiger partial charge in [0.05, 0.1) is 31.7 Å². The molecule has 3 fully saturated rings. The molecule has 5 heterocycles. The lowest BCUT2D eigenvalue weighted by Crippen LogP contribution is -3.20. The number of carbonyl (C=O) groups is 1. The molecule has 6 rings (SSSR count). The van der Waals surface area contributed by atoms with E-state index in [0.717, 1.165) is 55.2 Å². The van der Waals surface area contributed by atoms with E-state index in [0.29, 0.717) is 25.0 Å². The normalized spacial score (nSPS) is 27.2. The lowest BCUT2D eigenvalue weighted by atomic mass is 9.75. The molecular weight excluding hydrogens is 372 g/mol. The van der Waals surface area contributed by atoms with Crippen molar-refractivity contribution in [3.8, 4) is 11.5 Å². The molecule has 1 aromatic carbocycles. The van der Waals surface area contributed by atoms with Gasteiger partial charge in [-0.2, -0.15) is 0 Å². The first kappa shape index (κ1) is 18.4. The molecule has 0 aliphatic carbocycles. The highest BCUT2D eigenvalue weighted by Gasteiger charge is 2.46. The molecule has 0 spiro atoms. The molecule has 3 saturated heterocycles. The summed E-state index contributed by atoms with van der Waals surface area (Å²) in [4.78, 5) is 14.4. The SMILES string of the molecule is [NH3+]Cc1cn(C[C@H]2C[C@H]3CC[NH+]2C[C@@H]3C(=O)NCc2ccc3c(c2)OCO3)nn1. The Bertz CT molecular complexity index is 900. The third-order valence-electron chi connectivity index (χ3n) is 6.54. The van der Waals surface area contributed by atoms with Crippen LogP contribution in [0.3, 0.4) is 0 Å². The summed E-state index contributed by atoms with van der Waals surface area (Å²) in [5.74, 6) is 2.23. The van der Waals surface area contributed by atoms with Crippen molar-refractivity contribution in [1.82, 2.24) is 20.3 Å². The van der Waals surface area contributed by atoms with Gasteiger partial charge in [-0.05, 0) is 23.6 Å². The number of nitrogens with zero attached hydrogens (tertiary/aromatic N) is 3. The van der Waals surface area contributed by atoms with Crippen molar-refractivity contribution in [2.24, 2.45) is 11.8 Å². The lowest BCUT2D eigenvalue weighted by molar-refractivity contribution is -0.945.